The van der Waals surface area contributed by atoms with Crippen LogP contribution in [-0.4, -0.2) is 24.6 Å². The Bertz CT molecular complexity index is 605. The first kappa shape index (κ1) is 19.1. The van der Waals surface area contributed by atoms with Crippen molar-refractivity contribution in [1.82, 2.24) is 5.32 Å². The number of nitrogens with two attached hydrogens (primary N) is 1. The molecule has 0 spiro atoms. The highest BCUT2D eigenvalue weighted by Crippen LogP contribution is 2.51. The smallest absolute Gasteiger partial charge is 0.225 e. The van der Waals surface area contributed by atoms with Crippen molar-refractivity contribution in [1.29, 1.82) is 0 Å². The van der Waals surface area contributed by atoms with E-state index < -0.39 is 0 Å². The highest BCUT2D eigenvalue weighted by Gasteiger charge is 2.54. The highest BCUT2D eigenvalue weighted by molar-refractivity contribution is 5.85. The van der Waals surface area contributed by atoms with Gasteiger partial charge in [0.1, 0.15) is 5.75 Å². The fourth-order valence-electron chi connectivity index (χ4n) is 4.05. The molecule has 4 nitrogen and oxygen atoms in total. The molecule has 134 valence electrons. The molecule has 1 aromatic carbocycles. The molecule has 24 heavy (non-hydrogen) atoms. The van der Waals surface area contributed by atoms with Crippen LogP contribution in [0, 0.1) is 5.92 Å². The van der Waals surface area contributed by atoms with E-state index in [1.807, 2.05) is 25.1 Å². The molecule has 4 unspecified atom stereocenters. The van der Waals surface area contributed by atoms with Gasteiger partial charge in [0.15, 0.2) is 0 Å². The van der Waals surface area contributed by atoms with Gasteiger partial charge in [-0.2, -0.15) is 0 Å². The molecule has 0 radical (unpaired) electrons. The van der Waals surface area contributed by atoms with Gasteiger partial charge in [-0.1, -0.05) is 38.0 Å². The van der Waals surface area contributed by atoms with Crippen LogP contribution in [0.3, 0.4) is 0 Å². The van der Waals surface area contributed by atoms with Crippen molar-refractivity contribution in [2.75, 3.05) is 7.11 Å². The molecule has 2 saturated carbocycles. The zero-order valence-corrected chi connectivity index (χ0v) is 15.6. The first-order valence-electron chi connectivity index (χ1n) is 8.61. The number of halogens is 1. The summed E-state index contributed by atoms with van der Waals surface area (Å²) < 4.78 is 5.48. The summed E-state index contributed by atoms with van der Waals surface area (Å²) >= 11 is 0. The average Bonchev–Trinajstić information content (AvgIpc) is 3.17. The number of rotatable bonds is 4. The predicted octanol–water partition coefficient (Wildman–Crippen LogP) is 3.17. The zero-order valence-electron chi connectivity index (χ0n) is 14.8. The summed E-state index contributed by atoms with van der Waals surface area (Å²) in [5.41, 5.74) is 7.12. The largest absolute Gasteiger partial charge is 0.496 e. The summed E-state index contributed by atoms with van der Waals surface area (Å²) in [6.45, 7) is 4.21. The second kappa shape index (κ2) is 6.93. The van der Waals surface area contributed by atoms with E-state index in [0.717, 1.165) is 37.9 Å². The maximum absolute atomic E-state index is 12.7. The molecule has 3 rings (SSSR count). The fourth-order valence-corrected chi connectivity index (χ4v) is 4.05. The van der Waals surface area contributed by atoms with E-state index in [1.165, 1.54) is 5.56 Å². The molecule has 0 aliphatic heterocycles. The number of ether oxygens (including phenoxy) is 1. The topological polar surface area (TPSA) is 64.3 Å². The molecule has 0 heterocycles. The second-order valence-corrected chi connectivity index (χ2v) is 7.69. The molecule has 3 N–H and O–H groups in total. The summed E-state index contributed by atoms with van der Waals surface area (Å²) in [5.74, 6) is 0.949. The number of benzene rings is 1. The van der Waals surface area contributed by atoms with Crippen molar-refractivity contribution < 1.29 is 9.53 Å². The summed E-state index contributed by atoms with van der Waals surface area (Å²) in [6.07, 6.45) is 5.00. The predicted molar refractivity (Wildman–Crippen MR) is 98.7 cm³/mol. The Morgan fingerprint density at radius 3 is 2.67 bits per heavy atom. The van der Waals surface area contributed by atoms with Crippen LogP contribution in [0.15, 0.2) is 24.3 Å². The molecule has 1 aromatic rings. The number of methoxy groups -OCH3 is 1. The number of hydrogen-bond donors (Lipinski definition) is 2. The van der Waals surface area contributed by atoms with Crippen molar-refractivity contribution in [3.63, 3.8) is 0 Å². The Morgan fingerprint density at radius 1 is 1.29 bits per heavy atom. The number of amides is 1. The molecule has 1 amide bonds. The van der Waals surface area contributed by atoms with Gasteiger partial charge in [0, 0.05) is 22.6 Å². The zero-order chi connectivity index (χ0) is 16.7. The highest BCUT2D eigenvalue weighted by atomic mass is 35.5. The Hall–Kier alpha value is -1.26. The van der Waals surface area contributed by atoms with Gasteiger partial charge in [0.05, 0.1) is 13.0 Å². The molecular weight excluding hydrogens is 324 g/mol. The van der Waals surface area contributed by atoms with Crippen molar-refractivity contribution in [2.45, 2.75) is 62.9 Å². The molecular formula is C19H29ClN2O2. The molecule has 2 fully saturated rings. The van der Waals surface area contributed by atoms with Crippen molar-refractivity contribution >= 4 is 18.3 Å². The van der Waals surface area contributed by atoms with Gasteiger partial charge in [-0.3, -0.25) is 4.79 Å². The van der Waals surface area contributed by atoms with Crippen LogP contribution in [0.4, 0.5) is 0 Å². The van der Waals surface area contributed by atoms with E-state index in [4.69, 9.17) is 10.5 Å². The minimum absolute atomic E-state index is 0. The molecule has 2 aliphatic rings. The fraction of sp³-hybridized carbons (Fsp3) is 0.632. The number of carbonyl (C=O) groups is 1. The number of nitrogens with one attached hydrogen (secondary N) is 1. The first-order chi connectivity index (χ1) is 10.9. The lowest BCUT2D eigenvalue weighted by Crippen LogP contribution is -2.53. The van der Waals surface area contributed by atoms with Crippen LogP contribution >= 0.6 is 12.4 Å². The summed E-state index contributed by atoms with van der Waals surface area (Å²) in [5, 5.41) is 3.25. The normalized spacial score (nSPS) is 34.8. The monoisotopic (exact) mass is 352 g/mol. The number of carbonyl (C=O) groups excluding carboxylic acids is 1. The van der Waals surface area contributed by atoms with Gasteiger partial charge in [0.2, 0.25) is 5.91 Å². The SMILES string of the molecule is COc1ccccc1C1(C)CC1NC(=O)C1CCCCC1(C)N.Cl. The van der Waals surface area contributed by atoms with E-state index >= 15 is 0 Å². The first-order valence-corrected chi connectivity index (χ1v) is 8.61. The van der Waals surface area contributed by atoms with Crippen LogP contribution in [-0.2, 0) is 10.2 Å². The summed E-state index contributed by atoms with van der Waals surface area (Å²) in [4.78, 5) is 12.7. The van der Waals surface area contributed by atoms with Gasteiger partial charge in [0.25, 0.3) is 0 Å². The Kier molecular flexibility index (Phi) is 5.50. The average molecular weight is 353 g/mol. The maximum atomic E-state index is 12.7. The molecule has 0 bridgehead atoms. The van der Waals surface area contributed by atoms with E-state index in [2.05, 4.69) is 18.3 Å². The van der Waals surface area contributed by atoms with Crippen molar-refractivity contribution in [3.05, 3.63) is 29.8 Å². The number of para-hydroxylation sites is 1. The third-order valence-electron chi connectivity index (χ3n) is 5.85. The van der Waals surface area contributed by atoms with Gasteiger partial charge in [-0.25, -0.2) is 0 Å². The third-order valence-corrected chi connectivity index (χ3v) is 5.85. The minimum Gasteiger partial charge on any atom is -0.496 e. The van der Waals surface area contributed by atoms with E-state index in [-0.39, 0.29) is 41.2 Å². The van der Waals surface area contributed by atoms with E-state index in [9.17, 15) is 4.79 Å². The third kappa shape index (κ3) is 3.40. The van der Waals surface area contributed by atoms with Crippen molar-refractivity contribution in [3.8, 4) is 5.75 Å². The quantitative estimate of drug-likeness (QED) is 0.874. The minimum atomic E-state index is -0.377. The van der Waals surface area contributed by atoms with Crippen LogP contribution in [0.5, 0.6) is 5.75 Å². The molecule has 0 aromatic heterocycles. The lowest BCUT2D eigenvalue weighted by Gasteiger charge is -2.37. The van der Waals surface area contributed by atoms with Crippen molar-refractivity contribution in [2.24, 2.45) is 11.7 Å². The standard InChI is InChI=1S/C19H28N2O2.ClH/c1-18(13-8-4-5-10-15(13)23-3)12-16(18)21-17(22)14-9-6-7-11-19(14,2)20;/h4-5,8,10,14,16H,6-7,9,11-12,20H2,1-3H3,(H,21,22);1H. The van der Waals surface area contributed by atoms with Gasteiger partial charge < -0.3 is 15.8 Å². The molecule has 2 aliphatic carbocycles. The van der Waals surface area contributed by atoms with E-state index in [1.54, 1.807) is 7.11 Å². The van der Waals surface area contributed by atoms with Crippen LogP contribution in [0.1, 0.15) is 51.5 Å². The Labute approximate surface area is 150 Å². The van der Waals surface area contributed by atoms with Gasteiger partial charge in [-0.15, -0.1) is 12.4 Å². The van der Waals surface area contributed by atoms with Gasteiger partial charge >= 0.3 is 0 Å². The second-order valence-electron chi connectivity index (χ2n) is 7.69. The summed E-state index contributed by atoms with van der Waals surface area (Å²) in [7, 11) is 1.69. The molecule has 0 saturated heterocycles. The Morgan fingerprint density at radius 2 is 2.00 bits per heavy atom. The molecule has 5 heteroatoms. The lowest BCUT2D eigenvalue weighted by atomic mass is 9.74. The number of hydrogen-bond acceptors (Lipinski definition) is 3. The van der Waals surface area contributed by atoms with Crippen LogP contribution in [0.25, 0.3) is 0 Å². The Balaban J connectivity index is 0.00000208. The van der Waals surface area contributed by atoms with Gasteiger partial charge in [-0.05, 0) is 32.3 Å². The van der Waals surface area contributed by atoms with E-state index in [0.29, 0.717) is 0 Å². The molecule has 4 atom stereocenters. The van der Waals surface area contributed by atoms with Crippen LogP contribution in [0.2, 0.25) is 0 Å². The van der Waals surface area contributed by atoms with Crippen LogP contribution < -0.4 is 15.8 Å². The maximum Gasteiger partial charge on any atom is 0.225 e. The lowest BCUT2D eigenvalue weighted by molar-refractivity contribution is -0.128. The summed E-state index contributed by atoms with van der Waals surface area (Å²) in [6, 6.07) is 8.25.